The van der Waals surface area contributed by atoms with E-state index in [1.165, 1.54) is 10.1 Å². The molecule has 0 saturated carbocycles. The first-order chi connectivity index (χ1) is 22.2. The summed E-state index contributed by atoms with van der Waals surface area (Å²) >= 11 is 0. The number of amides is 3. The second kappa shape index (κ2) is 17.7. The number of aromatic nitrogens is 2. The fraction of sp³-hybridized carbons (Fsp3) is 0.529. The van der Waals surface area contributed by atoms with Crippen LogP contribution in [-0.4, -0.2) is 65.9 Å². The van der Waals surface area contributed by atoms with Crippen molar-refractivity contribution in [2.75, 3.05) is 33.0 Å². The number of carbonyl (C=O) groups is 3. The van der Waals surface area contributed by atoms with E-state index in [2.05, 4.69) is 29.6 Å². The number of nitrogens with two attached hydrogens (primary N) is 2. The molecule has 46 heavy (non-hydrogen) atoms. The number of rotatable bonds is 20. The lowest BCUT2D eigenvalue weighted by Crippen LogP contribution is -2.44. The van der Waals surface area contributed by atoms with Crippen molar-refractivity contribution in [2.45, 2.75) is 76.5 Å². The first kappa shape index (κ1) is 35.0. The van der Waals surface area contributed by atoms with Gasteiger partial charge in [0.2, 0.25) is 17.7 Å². The number of primary amides is 1. The number of hydrogen-bond donors (Lipinski definition) is 3. The summed E-state index contributed by atoms with van der Waals surface area (Å²) in [7, 11) is 1.70. The third-order valence-electron chi connectivity index (χ3n) is 8.15. The molecule has 1 aliphatic rings. The molecule has 1 aromatic heterocycles. The van der Waals surface area contributed by atoms with Crippen molar-refractivity contribution in [3.05, 3.63) is 69.6 Å². The summed E-state index contributed by atoms with van der Waals surface area (Å²) in [5.41, 5.74) is 15.7. The van der Waals surface area contributed by atoms with Crippen LogP contribution in [0.5, 0.6) is 0 Å². The summed E-state index contributed by atoms with van der Waals surface area (Å²) in [6.07, 6.45) is 5.73. The first-order valence-corrected chi connectivity index (χ1v) is 16.1. The van der Waals surface area contributed by atoms with Gasteiger partial charge in [0.1, 0.15) is 6.04 Å². The lowest BCUT2D eigenvalue weighted by atomic mass is 10.1. The van der Waals surface area contributed by atoms with E-state index in [1.807, 2.05) is 18.2 Å². The Morgan fingerprint density at radius 3 is 2.20 bits per heavy atom. The number of nitrogens with one attached hydrogen (secondary N) is 1. The van der Waals surface area contributed by atoms with E-state index in [0.29, 0.717) is 58.0 Å². The molecule has 4 rings (SSSR count). The third kappa shape index (κ3) is 10.3. The van der Waals surface area contributed by atoms with Crippen LogP contribution in [-0.2, 0) is 55.1 Å². The number of piperidine rings is 1. The lowest BCUT2D eigenvalue weighted by Gasteiger charge is -2.21. The SMILES string of the molecule is Cn1c(=O)n(C2CCC(=O)NC2=O)c2ccc(CCCOCCCOCCCc3ccc(COC[C@@H](N)CCC(N)=O)cc3)cc21. The van der Waals surface area contributed by atoms with Crippen molar-refractivity contribution in [3.8, 4) is 0 Å². The molecule has 3 amide bonds. The van der Waals surface area contributed by atoms with Crippen molar-refractivity contribution < 1.29 is 28.6 Å². The van der Waals surface area contributed by atoms with Crippen LogP contribution in [0.2, 0.25) is 0 Å². The molecule has 1 fully saturated rings. The van der Waals surface area contributed by atoms with Gasteiger partial charge in [0.05, 0.1) is 24.2 Å². The van der Waals surface area contributed by atoms with Gasteiger partial charge in [-0.3, -0.25) is 28.8 Å². The maximum Gasteiger partial charge on any atom is 0.329 e. The number of imide groups is 1. The first-order valence-electron chi connectivity index (χ1n) is 16.1. The molecule has 3 aromatic rings. The largest absolute Gasteiger partial charge is 0.381 e. The summed E-state index contributed by atoms with van der Waals surface area (Å²) < 4.78 is 20.3. The molecular weight excluding hydrogens is 590 g/mol. The van der Waals surface area contributed by atoms with Gasteiger partial charge in [0.15, 0.2) is 0 Å². The standard InChI is InChI=1S/C34H47N5O7/c1-38-30-21-25(11-13-28(30)39(34(38)43)29-14-16-32(41)37-33(29)42)6-3-18-45-20-4-19-44-17-2-5-24-7-9-26(10-8-24)22-46-23-27(35)12-15-31(36)40/h7-11,13,21,27,29H,2-6,12,14-20,22-23,35H2,1H3,(H2,36,40)(H,37,41,42)/t27-,29?/m0/s1. The number of benzene rings is 2. The van der Waals surface area contributed by atoms with E-state index in [1.54, 1.807) is 11.6 Å². The van der Waals surface area contributed by atoms with Crippen LogP contribution in [0.15, 0.2) is 47.3 Å². The van der Waals surface area contributed by atoms with Gasteiger partial charge in [-0.2, -0.15) is 0 Å². The Kier molecular flexibility index (Phi) is 13.5. The lowest BCUT2D eigenvalue weighted by molar-refractivity contribution is -0.135. The van der Waals surface area contributed by atoms with Gasteiger partial charge in [-0.15, -0.1) is 0 Å². The van der Waals surface area contributed by atoms with E-state index < -0.39 is 11.9 Å². The monoisotopic (exact) mass is 637 g/mol. The number of ether oxygens (including phenoxy) is 3. The van der Waals surface area contributed by atoms with Gasteiger partial charge in [0, 0.05) is 52.4 Å². The van der Waals surface area contributed by atoms with E-state index in [4.69, 9.17) is 25.7 Å². The van der Waals surface area contributed by atoms with E-state index in [0.717, 1.165) is 48.7 Å². The third-order valence-corrected chi connectivity index (χ3v) is 8.15. The Labute approximate surface area is 269 Å². The van der Waals surface area contributed by atoms with Crippen molar-refractivity contribution >= 4 is 28.8 Å². The van der Waals surface area contributed by atoms with Crippen molar-refractivity contribution in [1.82, 2.24) is 14.5 Å². The van der Waals surface area contributed by atoms with Gasteiger partial charge >= 0.3 is 5.69 Å². The molecule has 1 aliphatic heterocycles. The molecule has 1 saturated heterocycles. The maximum atomic E-state index is 12.9. The van der Waals surface area contributed by atoms with Crippen LogP contribution in [0.4, 0.5) is 0 Å². The zero-order valence-corrected chi connectivity index (χ0v) is 26.7. The van der Waals surface area contributed by atoms with Gasteiger partial charge in [-0.25, -0.2) is 4.79 Å². The van der Waals surface area contributed by atoms with E-state index in [-0.39, 0.29) is 36.4 Å². The molecule has 0 bridgehead atoms. The number of nitrogens with zero attached hydrogens (tertiary/aromatic N) is 2. The van der Waals surface area contributed by atoms with Crippen LogP contribution in [0, 0.1) is 0 Å². The topological polar surface area (TPSA) is 170 Å². The highest BCUT2D eigenvalue weighted by Gasteiger charge is 2.31. The molecule has 2 heterocycles. The van der Waals surface area contributed by atoms with Crippen LogP contribution in [0.1, 0.15) is 67.7 Å². The van der Waals surface area contributed by atoms with Crippen molar-refractivity contribution in [3.63, 3.8) is 0 Å². The average molecular weight is 638 g/mol. The Morgan fingerprint density at radius 1 is 0.891 bits per heavy atom. The molecule has 1 unspecified atom stereocenters. The summed E-state index contributed by atoms with van der Waals surface area (Å²) in [5.74, 6) is -1.08. The highest BCUT2D eigenvalue weighted by molar-refractivity contribution is 6.00. The number of fused-ring (bicyclic) bond motifs is 1. The van der Waals surface area contributed by atoms with E-state index in [9.17, 15) is 19.2 Å². The second-order valence-corrected chi connectivity index (χ2v) is 11.9. The molecular formula is C34H47N5O7. The second-order valence-electron chi connectivity index (χ2n) is 11.9. The quantitative estimate of drug-likeness (QED) is 0.125. The number of aryl methyl sites for hydroxylation is 3. The molecule has 0 radical (unpaired) electrons. The Hall–Kier alpha value is -3.84. The predicted octanol–water partition coefficient (Wildman–Crippen LogP) is 2.42. The summed E-state index contributed by atoms with van der Waals surface area (Å²) in [6.45, 7) is 3.51. The zero-order valence-electron chi connectivity index (χ0n) is 26.7. The molecule has 250 valence electrons. The molecule has 12 heteroatoms. The van der Waals surface area contributed by atoms with Crippen LogP contribution in [0.25, 0.3) is 11.0 Å². The van der Waals surface area contributed by atoms with Gasteiger partial charge in [-0.05, 0) is 73.8 Å². The van der Waals surface area contributed by atoms with Crippen molar-refractivity contribution in [1.29, 1.82) is 0 Å². The number of carbonyl (C=O) groups excluding carboxylic acids is 3. The van der Waals surface area contributed by atoms with Crippen LogP contribution >= 0.6 is 0 Å². The minimum Gasteiger partial charge on any atom is -0.381 e. The highest BCUT2D eigenvalue weighted by Crippen LogP contribution is 2.24. The average Bonchev–Trinajstić information content (AvgIpc) is 3.28. The van der Waals surface area contributed by atoms with Crippen molar-refractivity contribution in [2.24, 2.45) is 18.5 Å². The zero-order chi connectivity index (χ0) is 32.9. The molecule has 12 nitrogen and oxygen atoms in total. The highest BCUT2D eigenvalue weighted by atomic mass is 16.5. The maximum absolute atomic E-state index is 12.9. The Morgan fingerprint density at radius 2 is 1.52 bits per heavy atom. The summed E-state index contributed by atoms with van der Waals surface area (Å²) in [4.78, 5) is 47.7. The molecule has 5 N–H and O–H groups in total. The molecule has 2 aromatic carbocycles. The minimum atomic E-state index is -0.680. The normalized spacial score (nSPS) is 15.7. The minimum absolute atomic E-state index is 0.193. The molecule has 0 spiro atoms. The van der Waals surface area contributed by atoms with Gasteiger partial charge in [-0.1, -0.05) is 30.3 Å². The predicted molar refractivity (Wildman–Crippen MR) is 174 cm³/mol. The summed E-state index contributed by atoms with van der Waals surface area (Å²) in [6, 6.07) is 13.3. The number of hydrogen-bond acceptors (Lipinski definition) is 8. The fourth-order valence-corrected chi connectivity index (χ4v) is 5.56. The van der Waals surface area contributed by atoms with Crippen LogP contribution in [0.3, 0.4) is 0 Å². The molecule has 0 aliphatic carbocycles. The van der Waals surface area contributed by atoms with Gasteiger partial charge in [0.25, 0.3) is 0 Å². The fourth-order valence-electron chi connectivity index (χ4n) is 5.56. The molecule has 2 atom stereocenters. The Bertz CT molecular complexity index is 1510. The smallest absolute Gasteiger partial charge is 0.329 e. The number of imidazole rings is 1. The van der Waals surface area contributed by atoms with E-state index >= 15 is 0 Å². The van der Waals surface area contributed by atoms with Crippen LogP contribution < -0.4 is 22.5 Å². The Balaban J connectivity index is 1.04. The summed E-state index contributed by atoms with van der Waals surface area (Å²) in [5, 5.41) is 2.34. The van der Waals surface area contributed by atoms with Gasteiger partial charge < -0.3 is 25.7 Å².